The van der Waals surface area contributed by atoms with Crippen LogP contribution in [0.3, 0.4) is 0 Å². The highest BCUT2D eigenvalue weighted by molar-refractivity contribution is 5.88. The summed E-state index contributed by atoms with van der Waals surface area (Å²) in [5, 5.41) is 11.4. The number of amides is 1. The number of hydrogen-bond donors (Lipinski definition) is 2. The summed E-state index contributed by atoms with van der Waals surface area (Å²) in [6.45, 7) is 3.23. The maximum absolute atomic E-state index is 12.8. The maximum atomic E-state index is 12.8. The molecule has 2 rings (SSSR count). The molecule has 1 aromatic rings. The molecule has 0 atom stereocenters. The quantitative estimate of drug-likeness (QED) is 0.739. The summed E-state index contributed by atoms with van der Waals surface area (Å²) in [5.41, 5.74) is 1.54. The highest BCUT2D eigenvalue weighted by Crippen LogP contribution is 2.36. The smallest absolute Gasteiger partial charge is 0.329 e. The van der Waals surface area contributed by atoms with Gasteiger partial charge in [-0.3, -0.25) is 4.79 Å². The number of carboxylic acids is 1. The number of carbonyl (C=O) groups excluding carboxylic acids is 1. The zero-order valence-corrected chi connectivity index (χ0v) is 13.3. The zero-order valence-electron chi connectivity index (χ0n) is 13.3. The molecule has 6 nitrogen and oxygen atoms in total. The lowest BCUT2D eigenvalue weighted by Gasteiger charge is -2.37. The average Bonchev–Trinajstić information content (AvgIpc) is 2.55. The lowest BCUT2D eigenvalue weighted by atomic mass is 9.72. The van der Waals surface area contributed by atoms with Crippen molar-refractivity contribution in [3.63, 3.8) is 0 Å². The standard InChI is InChI=1S/C17H23NO5/c1-13-4-2-3-5-14(13)17(6-9-22-10-7-17)16(21)18-8-11-23-12-15(19)20/h2-5H,6-12H2,1H3,(H,18,21)(H,19,20). The van der Waals surface area contributed by atoms with Crippen molar-refractivity contribution in [3.05, 3.63) is 35.4 Å². The first kappa shape index (κ1) is 17.4. The Morgan fingerprint density at radius 1 is 1.30 bits per heavy atom. The first-order valence-electron chi connectivity index (χ1n) is 7.78. The third-order valence-electron chi connectivity index (χ3n) is 4.20. The Labute approximate surface area is 135 Å². The van der Waals surface area contributed by atoms with Gasteiger partial charge in [0.2, 0.25) is 5.91 Å². The molecule has 23 heavy (non-hydrogen) atoms. The van der Waals surface area contributed by atoms with Gasteiger partial charge in [-0.1, -0.05) is 24.3 Å². The van der Waals surface area contributed by atoms with E-state index in [4.69, 9.17) is 14.6 Å². The van der Waals surface area contributed by atoms with Gasteiger partial charge in [-0.25, -0.2) is 4.79 Å². The van der Waals surface area contributed by atoms with E-state index in [1.54, 1.807) is 0 Å². The van der Waals surface area contributed by atoms with Crippen LogP contribution in [-0.4, -0.2) is 50.0 Å². The van der Waals surface area contributed by atoms with Crippen LogP contribution in [0.15, 0.2) is 24.3 Å². The molecule has 0 saturated carbocycles. The van der Waals surface area contributed by atoms with Crippen LogP contribution in [0.4, 0.5) is 0 Å². The van der Waals surface area contributed by atoms with E-state index in [1.165, 1.54) is 0 Å². The highest BCUT2D eigenvalue weighted by atomic mass is 16.5. The molecule has 1 aliphatic rings. The molecule has 0 unspecified atom stereocenters. The van der Waals surface area contributed by atoms with E-state index in [0.29, 0.717) is 32.6 Å². The summed E-state index contributed by atoms with van der Waals surface area (Å²) in [7, 11) is 0. The molecule has 1 saturated heterocycles. The lowest BCUT2D eigenvalue weighted by molar-refractivity contribution is -0.142. The molecule has 1 heterocycles. The number of carboxylic acid groups (broad SMARTS) is 1. The molecule has 1 fully saturated rings. The van der Waals surface area contributed by atoms with E-state index in [-0.39, 0.29) is 19.1 Å². The molecule has 126 valence electrons. The highest BCUT2D eigenvalue weighted by Gasteiger charge is 2.42. The average molecular weight is 321 g/mol. The van der Waals surface area contributed by atoms with Crippen molar-refractivity contribution in [2.45, 2.75) is 25.2 Å². The predicted octanol–water partition coefficient (Wildman–Crippen LogP) is 1.26. The number of hydrogen-bond acceptors (Lipinski definition) is 4. The van der Waals surface area contributed by atoms with Gasteiger partial charge >= 0.3 is 5.97 Å². The SMILES string of the molecule is Cc1ccccc1C1(C(=O)NCCOCC(=O)O)CCOCC1. The third-order valence-corrected chi connectivity index (χ3v) is 4.20. The number of nitrogens with one attached hydrogen (secondary N) is 1. The molecule has 0 bridgehead atoms. The number of aryl methyl sites for hydroxylation is 1. The molecule has 0 radical (unpaired) electrons. The Hall–Kier alpha value is -1.92. The van der Waals surface area contributed by atoms with Crippen molar-refractivity contribution in [1.82, 2.24) is 5.32 Å². The van der Waals surface area contributed by atoms with E-state index >= 15 is 0 Å². The van der Waals surface area contributed by atoms with Crippen LogP contribution in [0, 0.1) is 6.92 Å². The van der Waals surface area contributed by atoms with E-state index < -0.39 is 11.4 Å². The Morgan fingerprint density at radius 3 is 2.65 bits per heavy atom. The van der Waals surface area contributed by atoms with Crippen molar-refractivity contribution in [1.29, 1.82) is 0 Å². The van der Waals surface area contributed by atoms with Crippen LogP contribution in [0.25, 0.3) is 0 Å². The molecule has 0 aliphatic carbocycles. The fourth-order valence-electron chi connectivity index (χ4n) is 3.01. The predicted molar refractivity (Wildman–Crippen MR) is 84.4 cm³/mol. The van der Waals surface area contributed by atoms with Crippen LogP contribution in [-0.2, 0) is 24.5 Å². The van der Waals surface area contributed by atoms with Crippen LogP contribution in [0.1, 0.15) is 24.0 Å². The van der Waals surface area contributed by atoms with Crippen LogP contribution >= 0.6 is 0 Å². The van der Waals surface area contributed by atoms with Gasteiger partial charge in [-0.2, -0.15) is 0 Å². The number of rotatable bonds is 7. The summed E-state index contributed by atoms with van der Waals surface area (Å²) < 4.78 is 10.4. The monoisotopic (exact) mass is 321 g/mol. The molecule has 2 N–H and O–H groups in total. The fourth-order valence-corrected chi connectivity index (χ4v) is 3.01. The summed E-state index contributed by atoms with van der Waals surface area (Å²) >= 11 is 0. The number of ether oxygens (including phenoxy) is 2. The molecule has 0 aromatic heterocycles. The maximum Gasteiger partial charge on any atom is 0.329 e. The summed E-state index contributed by atoms with van der Waals surface area (Å²) in [5.74, 6) is -1.06. The Bertz CT molecular complexity index is 552. The summed E-state index contributed by atoms with van der Waals surface area (Å²) in [4.78, 5) is 23.2. The number of benzene rings is 1. The normalized spacial score (nSPS) is 16.7. The molecule has 1 aliphatic heterocycles. The van der Waals surface area contributed by atoms with Crippen LogP contribution in [0.2, 0.25) is 0 Å². The van der Waals surface area contributed by atoms with Crippen molar-refractivity contribution in [3.8, 4) is 0 Å². The van der Waals surface area contributed by atoms with Gasteiger partial charge in [-0.15, -0.1) is 0 Å². The Balaban J connectivity index is 2.05. The van der Waals surface area contributed by atoms with Gasteiger partial charge in [-0.05, 0) is 30.9 Å². The fraction of sp³-hybridized carbons (Fsp3) is 0.529. The number of carbonyl (C=O) groups is 2. The topological polar surface area (TPSA) is 84.9 Å². The minimum Gasteiger partial charge on any atom is -0.480 e. The molecule has 0 spiro atoms. The second kappa shape index (κ2) is 8.08. The van der Waals surface area contributed by atoms with Gasteiger partial charge < -0.3 is 19.9 Å². The van der Waals surface area contributed by atoms with E-state index in [2.05, 4.69) is 5.32 Å². The van der Waals surface area contributed by atoms with Gasteiger partial charge in [0.05, 0.1) is 12.0 Å². The van der Waals surface area contributed by atoms with Gasteiger partial charge in [0, 0.05) is 19.8 Å². The van der Waals surface area contributed by atoms with E-state index in [9.17, 15) is 9.59 Å². The second-order valence-electron chi connectivity index (χ2n) is 5.71. The van der Waals surface area contributed by atoms with Gasteiger partial charge in [0.25, 0.3) is 0 Å². The van der Waals surface area contributed by atoms with Crippen molar-refractivity contribution in [2.24, 2.45) is 0 Å². The van der Waals surface area contributed by atoms with Gasteiger partial charge in [0.15, 0.2) is 0 Å². The first-order valence-corrected chi connectivity index (χ1v) is 7.78. The molecule has 1 amide bonds. The second-order valence-corrected chi connectivity index (χ2v) is 5.71. The van der Waals surface area contributed by atoms with Crippen LogP contribution < -0.4 is 5.32 Å². The van der Waals surface area contributed by atoms with E-state index in [1.807, 2.05) is 31.2 Å². The zero-order chi connectivity index (χ0) is 16.7. The minimum absolute atomic E-state index is 0.0472. The summed E-state index contributed by atoms with van der Waals surface area (Å²) in [6, 6.07) is 7.92. The van der Waals surface area contributed by atoms with Crippen molar-refractivity contribution in [2.75, 3.05) is 33.0 Å². The van der Waals surface area contributed by atoms with Crippen molar-refractivity contribution >= 4 is 11.9 Å². The Kier molecular flexibility index (Phi) is 6.12. The summed E-state index contributed by atoms with van der Waals surface area (Å²) in [6.07, 6.45) is 1.28. The third kappa shape index (κ3) is 4.30. The lowest BCUT2D eigenvalue weighted by Crippen LogP contribution is -2.49. The molecule has 6 heteroatoms. The van der Waals surface area contributed by atoms with E-state index in [0.717, 1.165) is 11.1 Å². The Morgan fingerprint density at radius 2 is 2.00 bits per heavy atom. The molecular weight excluding hydrogens is 298 g/mol. The minimum atomic E-state index is -1.02. The molecule has 1 aromatic carbocycles. The molecular formula is C17H23NO5. The van der Waals surface area contributed by atoms with Gasteiger partial charge in [0.1, 0.15) is 6.61 Å². The first-order chi connectivity index (χ1) is 11.1. The number of aliphatic carboxylic acids is 1. The van der Waals surface area contributed by atoms with Crippen molar-refractivity contribution < 1.29 is 24.2 Å². The van der Waals surface area contributed by atoms with Crippen LogP contribution in [0.5, 0.6) is 0 Å². The largest absolute Gasteiger partial charge is 0.480 e.